The normalized spacial score (nSPS) is 10.6. The van der Waals surface area contributed by atoms with Crippen molar-refractivity contribution in [2.24, 2.45) is 5.10 Å². The number of nitrogens with zero attached hydrogens (tertiary/aromatic N) is 1. The summed E-state index contributed by atoms with van der Waals surface area (Å²) in [5, 5.41) is 13.4. The zero-order valence-corrected chi connectivity index (χ0v) is 13.3. The van der Waals surface area contributed by atoms with Crippen LogP contribution in [0.4, 0.5) is 5.69 Å². The first kappa shape index (κ1) is 16.6. The molecule has 0 aliphatic carbocycles. The molecule has 0 atom stereocenters. The summed E-state index contributed by atoms with van der Waals surface area (Å²) in [6, 6.07) is 9.63. The highest BCUT2D eigenvalue weighted by molar-refractivity contribution is 6.33. The Labute approximate surface area is 138 Å². The third-order valence-corrected chi connectivity index (χ3v) is 3.37. The third-order valence-electron chi connectivity index (χ3n) is 3.04. The van der Waals surface area contributed by atoms with Gasteiger partial charge in [-0.2, -0.15) is 5.10 Å². The Morgan fingerprint density at radius 2 is 2.00 bits per heavy atom. The van der Waals surface area contributed by atoms with Gasteiger partial charge in [0, 0.05) is 11.6 Å². The molecule has 0 saturated carbocycles. The molecule has 7 heteroatoms. The average molecular weight is 335 g/mol. The first-order chi connectivity index (χ1) is 11.0. The van der Waals surface area contributed by atoms with E-state index in [0.717, 1.165) is 5.56 Å². The predicted molar refractivity (Wildman–Crippen MR) is 89.2 cm³/mol. The van der Waals surface area contributed by atoms with Crippen molar-refractivity contribution >= 4 is 29.5 Å². The predicted octanol–water partition coefficient (Wildman–Crippen LogP) is 3.50. The van der Waals surface area contributed by atoms with E-state index in [0.29, 0.717) is 22.2 Å². The molecule has 120 valence electrons. The minimum atomic E-state index is -1.04. The molecule has 0 amide bonds. The van der Waals surface area contributed by atoms with E-state index in [-0.39, 0.29) is 5.56 Å². The molecule has 2 N–H and O–H groups in total. The van der Waals surface area contributed by atoms with Gasteiger partial charge in [-0.25, -0.2) is 4.79 Å². The highest BCUT2D eigenvalue weighted by atomic mass is 35.5. The maximum absolute atomic E-state index is 11.0. The minimum absolute atomic E-state index is 0.120. The second kappa shape index (κ2) is 7.51. The van der Waals surface area contributed by atoms with Gasteiger partial charge in [-0.05, 0) is 30.3 Å². The van der Waals surface area contributed by atoms with Crippen LogP contribution in [0.3, 0.4) is 0 Å². The largest absolute Gasteiger partial charge is 0.497 e. The van der Waals surface area contributed by atoms with Crippen LogP contribution in [0, 0.1) is 0 Å². The molecular formula is C16H15ClN2O4. The Morgan fingerprint density at radius 3 is 2.65 bits per heavy atom. The lowest BCUT2D eigenvalue weighted by molar-refractivity contribution is 0.0697. The van der Waals surface area contributed by atoms with Gasteiger partial charge in [0.05, 0.1) is 36.7 Å². The van der Waals surface area contributed by atoms with Crippen LogP contribution in [-0.4, -0.2) is 31.5 Å². The van der Waals surface area contributed by atoms with E-state index in [4.69, 9.17) is 26.2 Å². The van der Waals surface area contributed by atoms with Crippen molar-refractivity contribution in [3.8, 4) is 11.5 Å². The molecule has 0 unspecified atom stereocenters. The molecule has 0 aromatic heterocycles. The van der Waals surface area contributed by atoms with E-state index in [1.54, 1.807) is 38.6 Å². The summed E-state index contributed by atoms with van der Waals surface area (Å²) in [6.07, 6.45) is 1.54. The van der Waals surface area contributed by atoms with Crippen molar-refractivity contribution in [3.05, 3.63) is 52.5 Å². The fourth-order valence-electron chi connectivity index (χ4n) is 1.84. The zero-order valence-electron chi connectivity index (χ0n) is 12.5. The number of methoxy groups -OCH3 is 2. The number of carboxylic acid groups (broad SMARTS) is 1. The Bertz CT molecular complexity index is 747. The summed E-state index contributed by atoms with van der Waals surface area (Å²) in [6.45, 7) is 0. The summed E-state index contributed by atoms with van der Waals surface area (Å²) in [5.41, 5.74) is 3.97. The molecule has 23 heavy (non-hydrogen) atoms. The number of ether oxygens (including phenoxy) is 2. The van der Waals surface area contributed by atoms with Gasteiger partial charge in [0.15, 0.2) is 0 Å². The first-order valence-corrected chi connectivity index (χ1v) is 6.97. The van der Waals surface area contributed by atoms with Gasteiger partial charge in [0.25, 0.3) is 0 Å². The van der Waals surface area contributed by atoms with E-state index in [2.05, 4.69) is 10.5 Å². The van der Waals surface area contributed by atoms with Crippen LogP contribution >= 0.6 is 11.6 Å². The van der Waals surface area contributed by atoms with E-state index in [1.807, 2.05) is 0 Å². The van der Waals surface area contributed by atoms with Crippen molar-refractivity contribution in [1.82, 2.24) is 0 Å². The summed E-state index contributed by atoms with van der Waals surface area (Å²) < 4.78 is 10.4. The zero-order chi connectivity index (χ0) is 16.8. The maximum Gasteiger partial charge on any atom is 0.335 e. The van der Waals surface area contributed by atoms with E-state index < -0.39 is 5.97 Å². The van der Waals surface area contributed by atoms with Gasteiger partial charge in [-0.1, -0.05) is 11.6 Å². The number of anilines is 1. The Morgan fingerprint density at radius 1 is 1.22 bits per heavy atom. The Kier molecular flexibility index (Phi) is 5.43. The monoisotopic (exact) mass is 334 g/mol. The summed E-state index contributed by atoms with van der Waals surface area (Å²) in [7, 11) is 3.12. The van der Waals surface area contributed by atoms with Crippen molar-refractivity contribution in [2.45, 2.75) is 0 Å². The van der Waals surface area contributed by atoms with E-state index in [9.17, 15) is 4.79 Å². The average Bonchev–Trinajstić information content (AvgIpc) is 2.56. The lowest BCUT2D eigenvalue weighted by Crippen LogP contribution is -1.99. The van der Waals surface area contributed by atoms with Crippen LogP contribution in [0.15, 0.2) is 41.5 Å². The quantitative estimate of drug-likeness (QED) is 0.624. The maximum atomic E-state index is 11.0. The molecule has 0 aliphatic rings. The second-order valence-electron chi connectivity index (χ2n) is 4.48. The molecule has 0 bridgehead atoms. The standard InChI is InChI=1S/C16H15ClN2O4/c1-22-12-5-3-11(15(8-12)23-2)9-18-19-14-7-10(16(20)21)4-6-13(14)17/h3-9,19H,1-2H3,(H,20,21)/b18-9-. The molecule has 0 saturated heterocycles. The van der Waals surface area contributed by atoms with E-state index >= 15 is 0 Å². The lowest BCUT2D eigenvalue weighted by Gasteiger charge is -2.07. The van der Waals surface area contributed by atoms with Crippen molar-refractivity contribution < 1.29 is 19.4 Å². The number of halogens is 1. The Balaban J connectivity index is 2.19. The summed E-state index contributed by atoms with van der Waals surface area (Å²) in [4.78, 5) is 11.0. The third kappa shape index (κ3) is 4.14. The summed E-state index contributed by atoms with van der Waals surface area (Å²) in [5.74, 6) is 0.231. The van der Waals surface area contributed by atoms with Crippen LogP contribution in [-0.2, 0) is 0 Å². The number of benzene rings is 2. The number of rotatable bonds is 6. The van der Waals surface area contributed by atoms with Crippen LogP contribution in [0.25, 0.3) is 0 Å². The van der Waals surface area contributed by atoms with E-state index in [1.165, 1.54) is 18.2 Å². The highest BCUT2D eigenvalue weighted by Crippen LogP contribution is 2.25. The number of carboxylic acids is 1. The van der Waals surface area contributed by atoms with Gasteiger partial charge in [0.2, 0.25) is 0 Å². The van der Waals surface area contributed by atoms with Gasteiger partial charge in [-0.3, -0.25) is 5.43 Å². The number of aromatic carboxylic acids is 1. The SMILES string of the molecule is COc1ccc(/C=N\Nc2cc(C(=O)O)ccc2Cl)c(OC)c1. The van der Waals surface area contributed by atoms with Gasteiger partial charge in [-0.15, -0.1) is 0 Å². The van der Waals surface area contributed by atoms with Gasteiger partial charge >= 0.3 is 5.97 Å². The first-order valence-electron chi connectivity index (χ1n) is 6.59. The molecule has 0 aliphatic heterocycles. The molecule has 2 rings (SSSR count). The fourth-order valence-corrected chi connectivity index (χ4v) is 2.00. The Hall–Kier alpha value is -2.73. The second-order valence-corrected chi connectivity index (χ2v) is 4.88. The molecule has 0 heterocycles. The van der Waals surface area contributed by atoms with Crippen molar-refractivity contribution in [3.63, 3.8) is 0 Å². The lowest BCUT2D eigenvalue weighted by atomic mass is 10.2. The number of hydrazone groups is 1. The number of carbonyl (C=O) groups is 1. The fraction of sp³-hybridized carbons (Fsp3) is 0.125. The van der Waals surface area contributed by atoms with Gasteiger partial charge in [0.1, 0.15) is 11.5 Å². The molecule has 6 nitrogen and oxygen atoms in total. The van der Waals surface area contributed by atoms with Crippen LogP contribution in [0.2, 0.25) is 5.02 Å². The van der Waals surface area contributed by atoms with Crippen molar-refractivity contribution in [1.29, 1.82) is 0 Å². The molecule has 0 fully saturated rings. The van der Waals surface area contributed by atoms with Gasteiger partial charge < -0.3 is 14.6 Å². The smallest absolute Gasteiger partial charge is 0.335 e. The van der Waals surface area contributed by atoms with Crippen molar-refractivity contribution in [2.75, 3.05) is 19.6 Å². The number of hydrogen-bond acceptors (Lipinski definition) is 5. The number of hydrogen-bond donors (Lipinski definition) is 2. The van der Waals surface area contributed by atoms with Crippen LogP contribution in [0.1, 0.15) is 15.9 Å². The highest BCUT2D eigenvalue weighted by Gasteiger charge is 2.07. The molecule has 2 aromatic carbocycles. The topological polar surface area (TPSA) is 80.2 Å². The molecule has 2 aromatic rings. The molecule has 0 radical (unpaired) electrons. The minimum Gasteiger partial charge on any atom is -0.497 e. The van der Waals surface area contributed by atoms with Crippen LogP contribution in [0.5, 0.6) is 11.5 Å². The number of nitrogens with one attached hydrogen (secondary N) is 1. The molecular weight excluding hydrogens is 320 g/mol. The summed E-state index contributed by atoms with van der Waals surface area (Å²) >= 11 is 6.01. The molecule has 0 spiro atoms. The van der Waals surface area contributed by atoms with Crippen LogP contribution < -0.4 is 14.9 Å².